The van der Waals surface area contributed by atoms with E-state index in [-0.39, 0.29) is 17.8 Å². The van der Waals surface area contributed by atoms with Gasteiger partial charge in [0.2, 0.25) is 0 Å². The number of carbonyl (C=O) groups excluding carboxylic acids is 1. The summed E-state index contributed by atoms with van der Waals surface area (Å²) in [5, 5.41) is 3.19. The first-order valence-electron chi connectivity index (χ1n) is 15.2. The van der Waals surface area contributed by atoms with Gasteiger partial charge in [0.1, 0.15) is 0 Å². The van der Waals surface area contributed by atoms with Crippen molar-refractivity contribution in [3.8, 4) is 11.3 Å². The van der Waals surface area contributed by atoms with Crippen LogP contribution in [0.4, 0.5) is 4.79 Å². The fourth-order valence-corrected chi connectivity index (χ4v) is 6.14. The van der Waals surface area contributed by atoms with E-state index < -0.39 is 0 Å². The summed E-state index contributed by atoms with van der Waals surface area (Å²) >= 11 is 0. The minimum atomic E-state index is -0.0792. The zero-order chi connectivity index (χ0) is 27.9. The molecule has 1 aromatic heterocycles. The van der Waals surface area contributed by atoms with E-state index in [2.05, 4.69) is 53.4 Å². The van der Waals surface area contributed by atoms with Crippen LogP contribution in [-0.2, 0) is 0 Å². The maximum Gasteiger partial charge on any atom is 0.326 e. The van der Waals surface area contributed by atoms with Crippen molar-refractivity contribution < 1.29 is 4.79 Å². The Labute approximate surface area is 238 Å². The number of allylic oxidation sites excluding steroid dienone is 5. The zero-order valence-electron chi connectivity index (χ0n) is 24.1. The molecule has 1 unspecified atom stereocenters. The number of piperidine rings is 1. The summed E-state index contributed by atoms with van der Waals surface area (Å²) in [4.78, 5) is 33.1. The topological polar surface area (TPSA) is 73.4 Å². The highest BCUT2D eigenvalue weighted by Gasteiger charge is 2.28. The van der Waals surface area contributed by atoms with Crippen molar-refractivity contribution in [1.29, 1.82) is 0 Å². The number of urea groups is 1. The molecule has 1 aliphatic heterocycles. The molecule has 0 radical (unpaired) electrons. The molecule has 3 aliphatic rings. The molecule has 1 aromatic carbocycles. The van der Waals surface area contributed by atoms with Crippen molar-refractivity contribution >= 4 is 6.03 Å². The maximum absolute atomic E-state index is 13.0. The maximum atomic E-state index is 13.0. The van der Waals surface area contributed by atoms with Gasteiger partial charge in [0.25, 0.3) is 0 Å². The Hall–Kier alpha value is -3.32. The van der Waals surface area contributed by atoms with Gasteiger partial charge in [-0.05, 0) is 74.0 Å². The molecule has 2 amide bonds. The smallest absolute Gasteiger partial charge is 0.326 e. The van der Waals surface area contributed by atoms with Crippen LogP contribution in [0.15, 0.2) is 76.8 Å². The summed E-state index contributed by atoms with van der Waals surface area (Å²) in [7, 11) is 0. The first-order chi connectivity index (χ1) is 19.5. The van der Waals surface area contributed by atoms with Gasteiger partial charge >= 0.3 is 11.7 Å². The summed E-state index contributed by atoms with van der Waals surface area (Å²) in [5.74, 6) is 1.33. The average Bonchev–Trinajstić information content (AvgIpc) is 3.75. The Bertz CT molecular complexity index is 1280. The fraction of sp³-hybridized carbons (Fsp3) is 0.515. The van der Waals surface area contributed by atoms with E-state index in [0.717, 1.165) is 62.5 Å². The minimum absolute atomic E-state index is 0.0135. The molecule has 1 saturated heterocycles. The van der Waals surface area contributed by atoms with E-state index in [1.54, 1.807) is 0 Å². The number of amides is 2. The van der Waals surface area contributed by atoms with E-state index >= 15 is 0 Å². The van der Waals surface area contributed by atoms with Crippen molar-refractivity contribution in [2.24, 2.45) is 11.8 Å². The van der Waals surface area contributed by atoms with Crippen LogP contribution in [-0.4, -0.2) is 64.7 Å². The minimum Gasteiger partial charge on any atom is -0.337 e. The molecular weight excluding hydrogens is 498 g/mol. The summed E-state index contributed by atoms with van der Waals surface area (Å²) in [5.41, 5.74) is 4.62. The average molecular weight is 544 g/mol. The lowest BCUT2D eigenvalue weighted by atomic mass is 9.89. The molecule has 0 spiro atoms. The van der Waals surface area contributed by atoms with E-state index in [1.807, 2.05) is 46.0 Å². The molecule has 40 heavy (non-hydrogen) atoms. The van der Waals surface area contributed by atoms with Crippen LogP contribution in [0.3, 0.4) is 0 Å². The highest BCUT2D eigenvalue weighted by Crippen LogP contribution is 2.32. The standard InChI is InChI=1S/C33H45N5O2/c1-3-27(30-13-9-4-6-10-25(30)2)23-36(22-26-14-15-26)21-18-34-32(39)37-19-16-29(17-20-37)38-24-31(35-33(38)40)28-11-7-5-8-12-28/h4-8,10-13,24,26-27,29H,3,9,14-23H2,1-2H3,(H,34,39)(H,35,40). The molecule has 5 rings (SSSR count). The van der Waals surface area contributed by atoms with Gasteiger partial charge in [-0.3, -0.25) is 4.57 Å². The predicted octanol–water partition coefficient (Wildman–Crippen LogP) is 5.76. The Balaban J connectivity index is 1.10. The number of nitrogens with one attached hydrogen (secondary N) is 2. The van der Waals surface area contributed by atoms with Gasteiger partial charge in [0.15, 0.2) is 0 Å². The third kappa shape index (κ3) is 7.25. The molecule has 7 heteroatoms. The number of nitrogens with zero attached hydrogens (tertiary/aromatic N) is 3. The first-order valence-corrected chi connectivity index (χ1v) is 15.2. The number of aromatic nitrogens is 2. The number of aromatic amines is 1. The highest BCUT2D eigenvalue weighted by atomic mass is 16.2. The van der Waals surface area contributed by atoms with Crippen LogP contribution in [0.5, 0.6) is 0 Å². The lowest BCUT2D eigenvalue weighted by molar-refractivity contribution is 0.168. The lowest BCUT2D eigenvalue weighted by Crippen LogP contribution is -2.47. The molecule has 0 bridgehead atoms. The van der Waals surface area contributed by atoms with Crippen molar-refractivity contribution in [2.45, 2.75) is 58.4 Å². The van der Waals surface area contributed by atoms with E-state index in [1.165, 1.54) is 24.0 Å². The Morgan fingerprint density at radius 3 is 2.65 bits per heavy atom. The van der Waals surface area contributed by atoms with Crippen molar-refractivity contribution in [3.05, 3.63) is 82.5 Å². The first kappa shape index (κ1) is 28.2. The molecule has 2 heterocycles. The van der Waals surface area contributed by atoms with Gasteiger partial charge in [-0.15, -0.1) is 0 Å². The highest BCUT2D eigenvalue weighted by molar-refractivity contribution is 5.74. The van der Waals surface area contributed by atoms with Crippen LogP contribution in [0, 0.1) is 11.8 Å². The molecule has 2 fully saturated rings. The predicted molar refractivity (Wildman–Crippen MR) is 162 cm³/mol. The van der Waals surface area contributed by atoms with Crippen LogP contribution in [0.1, 0.15) is 58.4 Å². The second-order valence-electron chi connectivity index (χ2n) is 11.7. The normalized spacial score (nSPS) is 18.8. The Morgan fingerprint density at radius 2 is 1.93 bits per heavy atom. The molecule has 7 nitrogen and oxygen atoms in total. The molecule has 214 valence electrons. The molecule has 1 saturated carbocycles. The second kappa shape index (κ2) is 13.4. The van der Waals surface area contributed by atoms with Crippen molar-refractivity contribution in [3.63, 3.8) is 0 Å². The van der Waals surface area contributed by atoms with Gasteiger partial charge in [0, 0.05) is 51.5 Å². The summed E-state index contributed by atoms with van der Waals surface area (Å²) in [6.07, 6.45) is 17.3. The van der Waals surface area contributed by atoms with Crippen molar-refractivity contribution in [1.82, 2.24) is 24.7 Å². The third-order valence-electron chi connectivity index (χ3n) is 8.71. The number of H-pyrrole nitrogens is 1. The van der Waals surface area contributed by atoms with Crippen LogP contribution < -0.4 is 11.0 Å². The molecule has 2 aliphatic carbocycles. The Kier molecular flexibility index (Phi) is 9.42. The third-order valence-corrected chi connectivity index (χ3v) is 8.71. The van der Waals surface area contributed by atoms with Crippen LogP contribution >= 0.6 is 0 Å². The number of imidazole rings is 1. The number of likely N-dealkylation sites (tertiary alicyclic amines) is 1. The molecule has 2 aromatic rings. The Morgan fingerprint density at radius 1 is 1.15 bits per heavy atom. The number of carbonyl (C=O) groups is 1. The summed E-state index contributed by atoms with van der Waals surface area (Å²) in [6.45, 7) is 9.55. The fourth-order valence-electron chi connectivity index (χ4n) is 6.14. The van der Waals surface area contributed by atoms with Crippen LogP contribution in [0.25, 0.3) is 11.3 Å². The van der Waals surface area contributed by atoms with Gasteiger partial charge < -0.3 is 20.1 Å². The van der Waals surface area contributed by atoms with Gasteiger partial charge in [0.05, 0.1) is 5.69 Å². The largest absolute Gasteiger partial charge is 0.337 e. The van der Waals surface area contributed by atoms with E-state index in [0.29, 0.717) is 25.6 Å². The van der Waals surface area contributed by atoms with Gasteiger partial charge in [-0.25, -0.2) is 9.59 Å². The van der Waals surface area contributed by atoms with Crippen molar-refractivity contribution in [2.75, 3.05) is 39.3 Å². The van der Waals surface area contributed by atoms with Gasteiger partial charge in [-0.1, -0.05) is 61.6 Å². The number of benzene rings is 1. The van der Waals surface area contributed by atoms with Gasteiger partial charge in [-0.2, -0.15) is 0 Å². The second-order valence-corrected chi connectivity index (χ2v) is 11.7. The number of rotatable bonds is 11. The zero-order valence-corrected chi connectivity index (χ0v) is 24.1. The van der Waals surface area contributed by atoms with Crippen LogP contribution in [0.2, 0.25) is 0 Å². The van der Waals surface area contributed by atoms with E-state index in [9.17, 15) is 9.59 Å². The monoisotopic (exact) mass is 543 g/mol. The SMILES string of the molecule is CCC(CN(CCNC(=O)N1CCC(n2cc(-c3ccccc3)[nH]c2=O)CC1)CC1CC1)C1=CCC=CC=C1C. The molecule has 1 atom stereocenters. The lowest BCUT2D eigenvalue weighted by Gasteiger charge is -2.33. The van der Waals surface area contributed by atoms with E-state index in [4.69, 9.17) is 0 Å². The summed E-state index contributed by atoms with van der Waals surface area (Å²) in [6, 6.07) is 10.0. The molecular formula is C33H45N5O2. The number of hydrogen-bond acceptors (Lipinski definition) is 3. The molecule has 2 N–H and O–H groups in total. The number of hydrogen-bond donors (Lipinski definition) is 2. The quantitative estimate of drug-likeness (QED) is 0.378. The summed E-state index contributed by atoms with van der Waals surface area (Å²) < 4.78 is 1.81.